The van der Waals surface area contributed by atoms with E-state index in [9.17, 15) is 28.9 Å². The van der Waals surface area contributed by atoms with E-state index in [1.165, 1.54) is 0 Å². The van der Waals surface area contributed by atoms with Gasteiger partial charge in [0.05, 0.1) is 28.2 Å². The summed E-state index contributed by atoms with van der Waals surface area (Å²) in [6, 6.07) is 17.2. The van der Waals surface area contributed by atoms with E-state index >= 15 is 0 Å². The molecule has 0 unspecified atom stereocenters. The number of nitrogens with zero attached hydrogens (tertiary/aromatic N) is 2. The number of nitro groups is 1. The van der Waals surface area contributed by atoms with Crippen molar-refractivity contribution in [2.24, 2.45) is 11.8 Å². The third-order valence-corrected chi connectivity index (χ3v) is 7.24. The van der Waals surface area contributed by atoms with E-state index in [-0.39, 0.29) is 5.69 Å². The molecule has 0 spiro atoms. The Morgan fingerprint density at radius 3 is 2.12 bits per heavy atom. The summed E-state index contributed by atoms with van der Waals surface area (Å²) in [4.78, 5) is 52.0. The summed E-state index contributed by atoms with van der Waals surface area (Å²) in [5.41, 5.74) is 0.547. The van der Waals surface area contributed by atoms with E-state index in [0.717, 1.165) is 34.4 Å². The van der Waals surface area contributed by atoms with Gasteiger partial charge in [0.25, 0.3) is 5.69 Å². The van der Waals surface area contributed by atoms with Gasteiger partial charge in [0.1, 0.15) is 17.8 Å². The number of halogens is 1. The lowest BCUT2D eigenvalue weighted by Crippen LogP contribution is -2.54. The number of anilines is 1. The maximum absolute atomic E-state index is 13.8. The molecule has 3 aliphatic carbocycles. The summed E-state index contributed by atoms with van der Waals surface area (Å²) in [7, 11) is 0. The highest BCUT2D eigenvalue weighted by molar-refractivity contribution is 6.25. The van der Waals surface area contributed by atoms with Crippen LogP contribution in [0, 0.1) is 27.8 Å². The molecule has 7 nitrogen and oxygen atoms in total. The second-order valence-corrected chi connectivity index (χ2v) is 8.54. The molecule has 1 aliphatic heterocycles. The predicted octanol–water partition coefficient (Wildman–Crippen LogP) is 3.48. The Kier molecular flexibility index (Phi) is 3.79. The number of hydrogen-bond acceptors (Lipinski definition) is 5. The van der Waals surface area contributed by atoms with Crippen molar-refractivity contribution in [3.63, 3.8) is 0 Å². The quantitative estimate of drug-likeness (QED) is 0.268. The van der Waals surface area contributed by atoms with Crippen LogP contribution in [0.25, 0.3) is 0 Å². The molecule has 0 saturated carbocycles. The number of hydrogen-bond donors (Lipinski definition) is 0. The monoisotopic (exact) mass is 442 g/mol. The molecule has 2 bridgehead atoms. The first-order chi connectivity index (χ1) is 15.9. The Morgan fingerprint density at radius 2 is 1.55 bits per heavy atom. The fraction of sp³-hybridized carbons (Fsp3) is 0.160. The van der Waals surface area contributed by atoms with Crippen LogP contribution in [-0.4, -0.2) is 23.0 Å². The second kappa shape index (κ2) is 6.41. The fourth-order valence-corrected chi connectivity index (χ4v) is 6.10. The number of nitro benzene ring substituents is 1. The van der Waals surface area contributed by atoms with Crippen molar-refractivity contribution in [3.8, 4) is 0 Å². The lowest BCUT2D eigenvalue weighted by atomic mass is 9.48. The van der Waals surface area contributed by atoms with Gasteiger partial charge in [-0.05, 0) is 34.4 Å². The zero-order chi connectivity index (χ0) is 23.1. The average molecular weight is 442 g/mol. The van der Waals surface area contributed by atoms with Crippen molar-refractivity contribution >= 4 is 29.5 Å². The number of amides is 2. The van der Waals surface area contributed by atoms with E-state index in [2.05, 4.69) is 0 Å². The van der Waals surface area contributed by atoms with Crippen LogP contribution in [0.4, 0.5) is 15.8 Å². The molecular formula is C25H15FN2O5. The Labute approximate surface area is 186 Å². The van der Waals surface area contributed by atoms with Crippen molar-refractivity contribution in [1.29, 1.82) is 0 Å². The van der Waals surface area contributed by atoms with Gasteiger partial charge in [-0.15, -0.1) is 0 Å². The first kappa shape index (κ1) is 19.5. The molecule has 0 N–H and O–H groups in total. The minimum absolute atomic E-state index is 0.292. The SMILES string of the molecule is O=CC12c3ccccc3C(c3ccccc31)[C@H]1C(=O)N(c3ccc(F)cc3[N+](=O)[O-])C(=O)[C@H]12. The molecule has 4 aliphatic rings. The zero-order valence-electron chi connectivity index (χ0n) is 17.0. The van der Waals surface area contributed by atoms with E-state index in [1.54, 1.807) is 24.3 Å². The first-order valence-corrected chi connectivity index (χ1v) is 10.4. The van der Waals surface area contributed by atoms with Crippen molar-refractivity contribution < 1.29 is 23.7 Å². The van der Waals surface area contributed by atoms with Crippen LogP contribution in [0.15, 0.2) is 66.7 Å². The number of rotatable bonds is 3. The van der Waals surface area contributed by atoms with Crippen LogP contribution in [0.1, 0.15) is 28.2 Å². The molecule has 1 heterocycles. The summed E-state index contributed by atoms with van der Waals surface area (Å²) in [5, 5.41) is 11.6. The summed E-state index contributed by atoms with van der Waals surface area (Å²) in [6.07, 6.45) is 0.728. The van der Waals surface area contributed by atoms with Crippen molar-refractivity contribution in [3.05, 3.63) is 105 Å². The normalized spacial score (nSPS) is 26.6. The maximum atomic E-state index is 13.8. The number of carbonyl (C=O) groups is 3. The fourth-order valence-electron chi connectivity index (χ4n) is 6.10. The summed E-state index contributed by atoms with van der Waals surface area (Å²) in [5.74, 6) is -4.61. The molecule has 1 saturated heterocycles. The topological polar surface area (TPSA) is 97.6 Å². The first-order valence-electron chi connectivity index (χ1n) is 10.4. The molecule has 2 atom stereocenters. The lowest BCUT2D eigenvalue weighted by Gasteiger charge is -2.51. The van der Waals surface area contributed by atoms with Gasteiger partial charge in [-0.25, -0.2) is 9.29 Å². The van der Waals surface area contributed by atoms with Gasteiger partial charge >= 0.3 is 0 Å². The van der Waals surface area contributed by atoms with Gasteiger partial charge in [-0.3, -0.25) is 19.7 Å². The largest absolute Gasteiger partial charge is 0.302 e. The van der Waals surface area contributed by atoms with E-state index in [1.807, 2.05) is 24.3 Å². The van der Waals surface area contributed by atoms with Crippen molar-refractivity contribution in [2.45, 2.75) is 11.3 Å². The Balaban J connectivity index is 1.64. The van der Waals surface area contributed by atoms with Gasteiger partial charge in [0.2, 0.25) is 11.8 Å². The molecule has 162 valence electrons. The Bertz CT molecular complexity index is 1370. The average Bonchev–Trinajstić information content (AvgIpc) is 3.10. The van der Waals surface area contributed by atoms with Crippen molar-refractivity contribution in [2.75, 3.05) is 4.90 Å². The van der Waals surface area contributed by atoms with E-state index in [0.29, 0.717) is 17.2 Å². The Morgan fingerprint density at radius 1 is 0.939 bits per heavy atom. The number of imide groups is 1. The van der Waals surface area contributed by atoms with Crippen LogP contribution in [0.5, 0.6) is 0 Å². The molecule has 1 fully saturated rings. The van der Waals surface area contributed by atoms with Crippen LogP contribution in [-0.2, 0) is 19.8 Å². The molecule has 0 aromatic heterocycles. The molecule has 3 aromatic carbocycles. The Hall–Kier alpha value is -4.20. The lowest BCUT2D eigenvalue weighted by molar-refractivity contribution is -0.384. The van der Waals surface area contributed by atoms with Crippen LogP contribution >= 0.6 is 0 Å². The van der Waals surface area contributed by atoms with Gasteiger partial charge in [0, 0.05) is 5.92 Å². The van der Waals surface area contributed by atoms with E-state index in [4.69, 9.17) is 0 Å². The maximum Gasteiger partial charge on any atom is 0.296 e. The van der Waals surface area contributed by atoms with Crippen LogP contribution in [0.2, 0.25) is 0 Å². The highest BCUT2D eigenvalue weighted by atomic mass is 19.1. The van der Waals surface area contributed by atoms with E-state index < -0.39 is 51.4 Å². The summed E-state index contributed by atoms with van der Waals surface area (Å²) >= 11 is 0. The third-order valence-electron chi connectivity index (χ3n) is 7.24. The summed E-state index contributed by atoms with van der Waals surface area (Å²) < 4.78 is 13.8. The molecule has 33 heavy (non-hydrogen) atoms. The molecule has 3 aromatic rings. The smallest absolute Gasteiger partial charge is 0.296 e. The number of carbonyl (C=O) groups excluding carboxylic acids is 3. The highest BCUT2D eigenvalue weighted by Gasteiger charge is 2.68. The molecule has 8 heteroatoms. The number of aldehydes is 1. The minimum atomic E-state index is -1.40. The third kappa shape index (κ3) is 2.20. The predicted molar refractivity (Wildman–Crippen MR) is 114 cm³/mol. The minimum Gasteiger partial charge on any atom is -0.302 e. The van der Waals surface area contributed by atoms with Crippen molar-refractivity contribution in [1.82, 2.24) is 0 Å². The van der Waals surface area contributed by atoms with Gasteiger partial charge in [-0.2, -0.15) is 0 Å². The standard InChI is InChI=1S/C25H15FN2O5/c26-13-9-10-18(19(11-13)28(32)33)27-23(30)21-20-14-5-1-3-7-16(14)25(12-29,22(21)24(27)31)17-8-4-2-6-15(17)20/h1-12,20-22H/t20?,21-,22+,25?/m1/s1. The molecule has 7 rings (SSSR count). The second-order valence-electron chi connectivity index (χ2n) is 8.54. The zero-order valence-corrected chi connectivity index (χ0v) is 17.0. The van der Waals surface area contributed by atoms with Gasteiger partial charge in [-0.1, -0.05) is 48.5 Å². The van der Waals surface area contributed by atoms with Gasteiger partial charge < -0.3 is 4.79 Å². The molecular weight excluding hydrogens is 427 g/mol. The van der Waals surface area contributed by atoms with Gasteiger partial charge in [0.15, 0.2) is 0 Å². The summed E-state index contributed by atoms with van der Waals surface area (Å²) in [6.45, 7) is 0. The number of benzene rings is 3. The highest BCUT2D eigenvalue weighted by Crippen LogP contribution is 2.63. The van der Waals surface area contributed by atoms with Crippen LogP contribution in [0.3, 0.4) is 0 Å². The molecule has 2 amide bonds. The molecule has 0 radical (unpaired) electrons. The van der Waals surface area contributed by atoms with Crippen LogP contribution < -0.4 is 4.90 Å².